The molecule has 0 aliphatic rings. The Morgan fingerprint density at radius 1 is 1.07 bits per heavy atom. The zero-order chi connectivity index (χ0) is 20.7. The summed E-state index contributed by atoms with van der Waals surface area (Å²) in [7, 11) is 0. The first-order valence-corrected chi connectivity index (χ1v) is 8.33. The predicted octanol–water partition coefficient (Wildman–Crippen LogP) is 2.51. The number of nitrogens with one attached hydrogen (secondary N) is 3. The van der Waals surface area contributed by atoms with E-state index in [1.807, 2.05) is 13.8 Å². The molecule has 0 radical (unpaired) electrons. The molecule has 28 heavy (non-hydrogen) atoms. The smallest absolute Gasteiger partial charge is 0.354 e. The summed E-state index contributed by atoms with van der Waals surface area (Å²) in [5, 5.41) is 25.0. The van der Waals surface area contributed by atoms with Gasteiger partial charge in [-0.25, -0.2) is 9.97 Å². The Morgan fingerprint density at radius 3 is 2.29 bits per heavy atom. The molecule has 1 aromatic heterocycles. The van der Waals surface area contributed by atoms with E-state index in [2.05, 4.69) is 26.1 Å². The topological polar surface area (TPSA) is 165 Å². The van der Waals surface area contributed by atoms with Crippen LogP contribution in [-0.2, 0) is 0 Å². The van der Waals surface area contributed by atoms with Crippen molar-refractivity contribution in [3.63, 3.8) is 0 Å². The number of amides is 1. The number of hydrazine groups is 1. The lowest BCUT2D eigenvalue weighted by Gasteiger charge is -2.11. The zero-order valence-corrected chi connectivity index (χ0v) is 15.2. The first-order valence-electron chi connectivity index (χ1n) is 8.33. The highest BCUT2D eigenvalue weighted by Crippen LogP contribution is 2.28. The lowest BCUT2D eigenvalue weighted by molar-refractivity contribution is -0.384. The number of hydrogen-bond acceptors (Lipinski definition) is 9. The molecule has 1 aromatic carbocycles. The van der Waals surface area contributed by atoms with E-state index in [-0.39, 0.29) is 22.9 Å². The zero-order valence-electron chi connectivity index (χ0n) is 15.2. The van der Waals surface area contributed by atoms with Crippen LogP contribution in [-0.4, -0.2) is 32.3 Å². The van der Waals surface area contributed by atoms with Crippen LogP contribution in [0.3, 0.4) is 0 Å². The van der Waals surface area contributed by atoms with Gasteiger partial charge in [-0.3, -0.25) is 35.9 Å². The van der Waals surface area contributed by atoms with E-state index in [1.54, 1.807) is 0 Å². The van der Waals surface area contributed by atoms with Crippen LogP contribution in [0.15, 0.2) is 30.6 Å². The molecule has 12 nitrogen and oxygen atoms in total. The van der Waals surface area contributed by atoms with E-state index in [4.69, 9.17) is 0 Å². The summed E-state index contributed by atoms with van der Waals surface area (Å²) in [6.45, 7) is 4.54. The fraction of sp³-hybridized carbons (Fsp3) is 0.312. The molecule has 0 spiro atoms. The van der Waals surface area contributed by atoms with E-state index in [1.165, 1.54) is 24.3 Å². The Bertz CT molecular complexity index is 870. The van der Waals surface area contributed by atoms with Gasteiger partial charge in [0.1, 0.15) is 6.33 Å². The highest BCUT2D eigenvalue weighted by molar-refractivity contribution is 5.95. The standard InChI is InChI=1S/C16H19N7O5/c1-10(2)7-8-17-14-13(23(27)28)15(19-9-18-14)20-21-16(24)11-3-5-12(6-4-11)22(25)26/h3-6,9-10H,7-8H2,1-2H3,(H,21,24)(H2,17,18,19,20). The number of nitrogens with zero attached hydrogens (tertiary/aromatic N) is 4. The van der Waals surface area contributed by atoms with E-state index in [9.17, 15) is 25.0 Å². The van der Waals surface area contributed by atoms with Crippen molar-refractivity contribution >= 4 is 28.9 Å². The van der Waals surface area contributed by atoms with Crippen LogP contribution in [0, 0.1) is 26.1 Å². The minimum absolute atomic E-state index is 0.0349. The Balaban J connectivity index is 2.11. The quantitative estimate of drug-likeness (QED) is 0.431. The number of non-ortho nitro benzene ring substituents is 1. The van der Waals surface area contributed by atoms with Gasteiger partial charge >= 0.3 is 5.69 Å². The molecule has 0 atom stereocenters. The molecular weight excluding hydrogens is 370 g/mol. The van der Waals surface area contributed by atoms with E-state index >= 15 is 0 Å². The van der Waals surface area contributed by atoms with Gasteiger partial charge in [0, 0.05) is 24.2 Å². The molecule has 1 amide bonds. The monoisotopic (exact) mass is 389 g/mol. The Morgan fingerprint density at radius 2 is 1.71 bits per heavy atom. The highest BCUT2D eigenvalue weighted by atomic mass is 16.6. The second kappa shape index (κ2) is 9.21. The third-order valence-electron chi connectivity index (χ3n) is 3.65. The predicted molar refractivity (Wildman–Crippen MR) is 101 cm³/mol. The third-order valence-corrected chi connectivity index (χ3v) is 3.65. The molecule has 3 N–H and O–H groups in total. The van der Waals surface area contributed by atoms with Crippen molar-refractivity contribution in [2.24, 2.45) is 5.92 Å². The molecule has 0 fully saturated rings. The number of nitro benzene ring substituents is 1. The number of rotatable bonds is 9. The molecule has 0 saturated heterocycles. The van der Waals surface area contributed by atoms with Gasteiger partial charge in [-0.2, -0.15) is 0 Å². The van der Waals surface area contributed by atoms with Gasteiger partial charge < -0.3 is 5.32 Å². The van der Waals surface area contributed by atoms with Crippen molar-refractivity contribution in [3.05, 3.63) is 56.4 Å². The molecule has 2 rings (SSSR count). The van der Waals surface area contributed by atoms with Crippen molar-refractivity contribution in [2.45, 2.75) is 20.3 Å². The van der Waals surface area contributed by atoms with E-state index < -0.39 is 21.4 Å². The van der Waals surface area contributed by atoms with Gasteiger partial charge in [-0.1, -0.05) is 13.8 Å². The number of aromatic nitrogens is 2. The van der Waals surface area contributed by atoms with Crippen molar-refractivity contribution in [3.8, 4) is 0 Å². The number of anilines is 2. The molecular formula is C16H19N7O5. The summed E-state index contributed by atoms with van der Waals surface area (Å²) in [5.41, 5.74) is 4.25. The maximum Gasteiger partial charge on any atom is 0.354 e. The molecule has 0 aliphatic heterocycles. The van der Waals surface area contributed by atoms with E-state index in [0.717, 1.165) is 12.7 Å². The summed E-state index contributed by atoms with van der Waals surface area (Å²) >= 11 is 0. The third kappa shape index (κ3) is 5.33. The highest BCUT2D eigenvalue weighted by Gasteiger charge is 2.23. The minimum Gasteiger partial charge on any atom is -0.364 e. The van der Waals surface area contributed by atoms with Crippen LogP contribution in [0.4, 0.5) is 23.0 Å². The number of nitro groups is 2. The average Bonchev–Trinajstić information content (AvgIpc) is 2.65. The van der Waals surface area contributed by atoms with Crippen molar-refractivity contribution in [2.75, 3.05) is 17.3 Å². The van der Waals surface area contributed by atoms with Crippen LogP contribution in [0.2, 0.25) is 0 Å². The summed E-state index contributed by atoms with van der Waals surface area (Å²) < 4.78 is 0. The maximum atomic E-state index is 12.1. The molecule has 2 aromatic rings. The lowest BCUT2D eigenvalue weighted by Crippen LogP contribution is -2.30. The molecule has 1 heterocycles. The van der Waals surface area contributed by atoms with Crippen molar-refractivity contribution in [1.82, 2.24) is 15.4 Å². The van der Waals surface area contributed by atoms with Gasteiger partial charge in [0.2, 0.25) is 11.6 Å². The van der Waals surface area contributed by atoms with Crippen LogP contribution in [0.5, 0.6) is 0 Å². The summed E-state index contributed by atoms with van der Waals surface area (Å²) in [6, 6.07) is 4.89. The maximum absolute atomic E-state index is 12.1. The second-order valence-corrected chi connectivity index (χ2v) is 6.17. The molecule has 0 unspecified atom stereocenters. The Labute approximate surface area is 159 Å². The minimum atomic E-state index is -0.655. The number of hydrogen-bond donors (Lipinski definition) is 3. The Hall–Kier alpha value is -3.83. The largest absolute Gasteiger partial charge is 0.364 e. The SMILES string of the molecule is CC(C)CCNc1ncnc(NNC(=O)c2ccc([N+](=O)[O-])cc2)c1[N+](=O)[O-]. The second-order valence-electron chi connectivity index (χ2n) is 6.17. The summed E-state index contributed by atoms with van der Waals surface area (Å²) in [5.74, 6) is -0.390. The van der Waals surface area contributed by atoms with Crippen LogP contribution < -0.4 is 16.2 Å². The molecule has 0 aliphatic carbocycles. The molecule has 12 heteroatoms. The van der Waals surface area contributed by atoms with Gasteiger partial charge in [-0.15, -0.1) is 0 Å². The van der Waals surface area contributed by atoms with Crippen LogP contribution in [0.25, 0.3) is 0 Å². The average molecular weight is 389 g/mol. The normalized spacial score (nSPS) is 10.4. The summed E-state index contributed by atoms with van der Waals surface area (Å²) in [4.78, 5) is 40.7. The number of carbonyl (C=O) groups is 1. The first kappa shape index (κ1) is 20.5. The van der Waals surface area contributed by atoms with Crippen LogP contribution in [0.1, 0.15) is 30.6 Å². The number of benzene rings is 1. The number of carbonyl (C=O) groups excluding carboxylic acids is 1. The van der Waals surface area contributed by atoms with Gasteiger partial charge in [0.15, 0.2) is 0 Å². The molecule has 0 bridgehead atoms. The molecule has 148 valence electrons. The fourth-order valence-corrected chi connectivity index (χ4v) is 2.17. The Kier molecular flexibility index (Phi) is 6.73. The van der Waals surface area contributed by atoms with Crippen LogP contribution >= 0.6 is 0 Å². The summed E-state index contributed by atoms with van der Waals surface area (Å²) in [6.07, 6.45) is 1.92. The fourth-order valence-electron chi connectivity index (χ4n) is 2.17. The lowest BCUT2D eigenvalue weighted by atomic mass is 10.1. The van der Waals surface area contributed by atoms with Gasteiger partial charge in [0.25, 0.3) is 11.6 Å². The van der Waals surface area contributed by atoms with E-state index in [0.29, 0.717) is 12.5 Å². The first-order chi connectivity index (χ1) is 13.3. The van der Waals surface area contributed by atoms with Crippen molar-refractivity contribution < 1.29 is 14.6 Å². The van der Waals surface area contributed by atoms with Gasteiger partial charge in [0.05, 0.1) is 9.85 Å². The van der Waals surface area contributed by atoms with Gasteiger partial charge in [-0.05, 0) is 24.5 Å². The molecule has 0 saturated carbocycles. The van der Waals surface area contributed by atoms with Crippen molar-refractivity contribution in [1.29, 1.82) is 0 Å².